The molecule has 0 atom stereocenters. The van der Waals surface area contributed by atoms with Crippen molar-refractivity contribution >= 4 is 16.4 Å². The van der Waals surface area contributed by atoms with Crippen LogP contribution in [0.15, 0.2) is 67.0 Å². The van der Waals surface area contributed by atoms with Gasteiger partial charge in [-0.25, -0.2) is 4.98 Å². The van der Waals surface area contributed by atoms with Crippen LogP contribution in [-0.4, -0.2) is 9.38 Å². The first kappa shape index (κ1) is 11.2. The maximum atomic E-state index is 4.62. The molecule has 0 saturated carbocycles. The van der Waals surface area contributed by atoms with E-state index in [4.69, 9.17) is 0 Å². The molecule has 0 aliphatic carbocycles. The van der Waals surface area contributed by atoms with Crippen LogP contribution in [-0.2, 0) is 0 Å². The van der Waals surface area contributed by atoms with Crippen LogP contribution in [0.2, 0.25) is 0 Å². The average Bonchev–Trinajstić information content (AvgIpc) is 2.92. The summed E-state index contributed by atoms with van der Waals surface area (Å²) in [6.45, 7) is 2.16. The normalized spacial score (nSPS) is 11.2. The zero-order valence-electron chi connectivity index (χ0n) is 11.2. The minimum Gasteiger partial charge on any atom is -0.298 e. The van der Waals surface area contributed by atoms with Gasteiger partial charge in [0.15, 0.2) is 0 Å². The Labute approximate surface area is 117 Å². The number of para-hydroxylation sites is 1. The summed E-state index contributed by atoms with van der Waals surface area (Å²) < 4.78 is 2.17. The van der Waals surface area contributed by atoms with Crippen LogP contribution in [0.4, 0.5) is 0 Å². The molecule has 2 aromatic carbocycles. The molecule has 0 N–H and O–H groups in total. The fourth-order valence-corrected chi connectivity index (χ4v) is 2.81. The van der Waals surface area contributed by atoms with Gasteiger partial charge in [0, 0.05) is 10.9 Å². The lowest BCUT2D eigenvalue weighted by Crippen LogP contribution is -1.89. The molecule has 0 unspecified atom stereocenters. The van der Waals surface area contributed by atoms with Crippen molar-refractivity contribution in [3.8, 4) is 11.3 Å². The fourth-order valence-electron chi connectivity index (χ4n) is 2.81. The summed E-state index contributed by atoms with van der Waals surface area (Å²) in [6.07, 6.45) is 1.92. The predicted octanol–water partition coefficient (Wildman–Crippen LogP) is 4.46. The number of pyridine rings is 1. The third-order valence-electron chi connectivity index (χ3n) is 3.79. The first-order valence-corrected chi connectivity index (χ1v) is 6.75. The molecule has 96 valence electrons. The zero-order chi connectivity index (χ0) is 13.5. The first-order chi connectivity index (χ1) is 9.84. The number of benzene rings is 2. The number of imidazole rings is 1. The highest BCUT2D eigenvalue weighted by molar-refractivity contribution is 5.90. The Hall–Kier alpha value is -2.61. The van der Waals surface area contributed by atoms with Crippen molar-refractivity contribution in [3.63, 3.8) is 0 Å². The lowest BCUT2D eigenvalue weighted by molar-refractivity contribution is 1.20. The molecular formula is C18H14N2. The van der Waals surface area contributed by atoms with Crippen LogP contribution in [0.1, 0.15) is 5.56 Å². The van der Waals surface area contributed by atoms with E-state index in [9.17, 15) is 0 Å². The van der Waals surface area contributed by atoms with Crippen LogP contribution >= 0.6 is 0 Å². The number of rotatable bonds is 1. The Morgan fingerprint density at radius 1 is 0.850 bits per heavy atom. The Morgan fingerprint density at radius 2 is 1.60 bits per heavy atom. The molecule has 4 aromatic rings. The van der Waals surface area contributed by atoms with Crippen molar-refractivity contribution in [1.29, 1.82) is 0 Å². The summed E-state index contributed by atoms with van der Waals surface area (Å²) in [5.41, 5.74) is 5.85. The molecule has 0 spiro atoms. The largest absolute Gasteiger partial charge is 0.298 e. The minimum atomic E-state index is 1.04. The Morgan fingerprint density at radius 3 is 2.45 bits per heavy atom. The number of hydrogen-bond acceptors (Lipinski definition) is 1. The van der Waals surface area contributed by atoms with Crippen molar-refractivity contribution < 1.29 is 0 Å². The van der Waals surface area contributed by atoms with E-state index in [1.54, 1.807) is 0 Å². The van der Waals surface area contributed by atoms with Gasteiger partial charge >= 0.3 is 0 Å². The van der Waals surface area contributed by atoms with Crippen LogP contribution in [0, 0.1) is 6.92 Å². The first-order valence-electron chi connectivity index (χ1n) is 6.75. The molecule has 20 heavy (non-hydrogen) atoms. The van der Waals surface area contributed by atoms with Gasteiger partial charge in [0.05, 0.1) is 16.7 Å². The second-order valence-corrected chi connectivity index (χ2v) is 5.06. The molecule has 0 fully saturated rings. The number of aryl methyl sites for hydroxylation is 1. The molecule has 4 rings (SSSR count). The molecule has 2 heteroatoms. The van der Waals surface area contributed by atoms with Gasteiger partial charge in [-0.05, 0) is 24.6 Å². The van der Waals surface area contributed by atoms with Crippen molar-refractivity contribution in [3.05, 3.63) is 72.6 Å². The third-order valence-corrected chi connectivity index (χ3v) is 3.79. The van der Waals surface area contributed by atoms with Crippen molar-refractivity contribution in [1.82, 2.24) is 9.38 Å². The molecule has 0 aliphatic heterocycles. The Bertz CT molecular complexity index is 905. The zero-order valence-corrected chi connectivity index (χ0v) is 11.2. The van der Waals surface area contributed by atoms with Crippen molar-refractivity contribution in [2.45, 2.75) is 6.92 Å². The van der Waals surface area contributed by atoms with E-state index in [2.05, 4.69) is 70.9 Å². The maximum Gasteiger partial charge on any atom is 0.100 e. The number of nitrogens with zero attached hydrogens (tertiary/aromatic N) is 2. The van der Waals surface area contributed by atoms with Crippen molar-refractivity contribution in [2.75, 3.05) is 0 Å². The molecule has 2 nitrogen and oxygen atoms in total. The van der Waals surface area contributed by atoms with E-state index >= 15 is 0 Å². The number of aromatic nitrogens is 2. The van der Waals surface area contributed by atoms with E-state index < -0.39 is 0 Å². The van der Waals surface area contributed by atoms with Crippen LogP contribution in [0.5, 0.6) is 0 Å². The maximum absolute atomic E-state index is 4.62. The summed E-state index contributed by atoms with van der Waals surface area (Å²) in [7, 11) is 0. The molecule has 0 saturated heterocycles. The quantitative estimate of drug-likeness (QED) is 0.492. The number of fused-ring (bicyclic) bond motifs is 3. The highest BCUT2D eigenvalue weighted by Gasteiger charge is 2.10. The van der Waals surface area contributed by atoms with Gasteiger partial charge in [0.1, 0.15) is 6.33 Å². The lowest BCUT2D eigenvalue weighted by Gasteiger charge is -2.06. The monoisotopic (exact) mass is 258 g/mol. The van der Waals surface area contributed by atoms with Crippen LogP contribution in [0.3, 0.4) is 0 Å². The van der Waals surface area contributed by atoms with Gasteiger partial charge in [-0.2, -0.15) is 0 Å². The fraction of sp³-hybridized carbons (Fsp3) is 0.0556. The molecule has 0 bridgehead atoms. The van der Waals surface area contributed by atoms with E-state index in [1.807, 2.05) is 12.4 Å². The van der Waals surface area contributed by atoms with E-state index in [0.29, 0.717) is 0 Å². The summed E-state index contributed by atoms with van der Waals surface area (Å²) in [4.78, 5) is 4.62. The molecule has 0 radical (unpaired) electrons. The van der Waals surface area contributed by atoms with Gasteiger partial charge in [0.25, 0.3) is 0 Å². The van der Waals surface area contributed by atoms with Gasteiger partial charge in [-0.3, -0.25) is 4.40 Å². The number of hydrogen-bond donors (Lipinski definition) is 0. The third kappa shape index (κ3) is 1.55. The summed E-state index contributed by atoms with van der Waals surface area (Å²) in [5.74, 6) is 0. The summed E-state index contributed by atoms with van der Waals surface area (Å²) >= 11 is 0. The second kappa shape index (κ2) is 4.20. The van der Waals surface area contributed by atoms with Gasteiger partial charge in [-0.1, -0.05) is 48.5 Å². The van der Waals surface area contributed by atoms with Crippen LogP contribution in [0.25, 0.3) is 27.7 Å². The van der Waals surface area contributed by atoms with Gasteiger partial charge in [-0.15, -0.1) is 0 Å². The highest BCUT2D eigenvalue weighted by Crippen LogP contribution is 2.28. The molecule has 2 heterocycles. The SMILES string of the molecule is Cc1cc2c(-c3ccccc3)ncn2c2ccccc12. The standard InChI is InChI=1S/C18H14N2/c1-13-11-17-18(14-7-3-2-4-8-14)19-12-20(17)16-10-6-5-9-15(13)16/h2-12H,1H3. The van der Waals surface area contributed by atoms with Crippen LogP contribution < -0.4 is 0 Å². The Kier molecular flexibility index (Phi) is 2.36. The Balaban J connectivity index is 2.12. The molecule has 0 amide bonds. The predicted molar refractivity (Wildman–Crippen MR) is 82.9 cm³/mol. The average molecular weight is 258 g/mol. The minimum absolute atomic E-state index is 1.04. The molecular weight excluding hydrogens is 244 g/mol. The topological polar surface area (TPSA) is 17.3 Å². The van der Waals surface area contributed by atoms with Gasteiger partial charge < -0.3 is 0 Å². The van der Waals surface area contributed by atoms with Crippen molar-refractivity contribution in [2.24, 2.45) is 0 Å². The lowest BCUT2D eigenvalue weighted by atomic mass is 10.1. The molecule has 2 aromatic heterocycles. The van der Waals surface area contributed by atoms with E-state index in [0.717, 1.165) is 16.8 Å². The summed E-state index contributed by atoms with van der Waals surface area (Å²) in [6, 6.07) is 21.0. The summed E-state index contributed by atoms with van der Waals surface area (Å²) in [5, 5.41) is 1.28. The van der Waals surface area contributed by atoms with E-state index in [1.165, 1.54) is 16.5 Å². The van der Waals surface area contributed by atoms with Gasteiger partial charge in [0.2, 0.25) is 0 Å². The molecule has 0 aliphatic rings. The smallest absolute Gasteiger partial charge is 0.100 e. The second-order valence-electron chi connectivity index (χ2n) is 5.06. The highest BCUT2D eigenvalue weighted by atomic mass is 15.0. The van der Waals surface area contributed by atoms with E-state index in [-0.39, 0.29) is 0 Å².